The number of hydrogen-bond donors (Lipinski definition) is 1. The zero-order chi connectivity index (χ0) is 15.0. The molecule has 1 nitrogen and oxygen atoms in total. The summed E-state index contributed by atoms with van der Waals surface area (Å²) in [5.41, 5.74) is 10.1. The SMILES string of the molecule is CC1CCC(N)(Cc2ccc(Cl)cc2Cl)c2ccccc21. The molecule has 110 valence electrons. The molecule has 0 aromatic heterocycles. The maximum atomic E-state index is 6.78. The molecule has 0 saturated carbocycles. The number of fused-ring (bicyclic) bond motifs is 1. The molecular formula is C18H19Cl2N. The standard InChI is InChI=1S/C18H19Cl2N/c1-12-8-9-18(21,16-5-3-2-4-15(12)16)11-13-6-7-14(19)10-17(13)20/h2-7,10,12H,8-9,11,21H2,1H3. The molecule has 2 N–H and O–H groups in total. The molecule has 0 amide bonds. The van der Waals surface area contributed by atoms with Gasteiger partial charge in [-0.05, 0) is 54.0 Å². The van der Waals surface area contributed by atoms with Gasteiger partial charge < -0.3 is 5.73 Å². The number of halogens is 2. The molecule has 3 rings (SSSR count). The molecule has 0 bridgehead atoms. The highest BCUT2D eigenvalue weighted by atomic mass is 35.5. The van der Waals surface area contributed by atoms with Gasteiger partial charge in [0, 0.05) is 15.6 Å². The smallest absolute Gasteiger partial charge is 0.0454 e. The van der Waals surface area contributed by atoms with Crippen LogP contribution in [0.2, 0.25) is 10.0 Å². The first-order valence-corrected chi connectivity index (χ1v) is 8.07. The lowest BCUT2D eigenvalue weighted by Gasteiger charge is -2.39. The Hall–Kier alpha value is -1.02. The lowest BCUT2D eigenvalue weighted by atomic mass is 9.70. The van der Waals surface area contributed by atoms with Gasteiger partial charge in [0.2, 0.25) is 0 Å². The molecule has 0 heterocycles. The molecule has 0 radical (unpaired) electrons. The second-order valence-corrected chi connectivity index (χ2v) is 6.94. The molecule has 2 aromatic carbocycles. The van der Waals surface area contributed by atoms with Crippen LogP contribution < -0.4 is 5.73 Å². The Bertz CT molecular complexity index is 668. The molecule has 2 unspecified atom stereocenters. The minimum Gasteiger partial charge on any atom is -0.321 e. The molecule has 0 saturated heterocycles. The second kappa shape index (κ2) is 5.64. The van der Waals surface area contributed by atoms with Crippen molar-refractivity contribution < 1.29 is 0 Å². The summed E-state index contributed by atoms with van der Waals surface area (Å²) in [6, 6.07) is 14.2. The van der Waals surface area contributed by atoms with Crippen LogP contribution >= 0.6 is 23.2 Å². The first-order valence-electron chi connectivity index (χ1n) is 7.32. The van der Waals surface area contributed by atoms with Crippen LogP contribution in [0.15, 0.2) is 42.5 Å². The van der Waals surface area contributed by atoms with Gasteiger partial charge in [0.25, 0.3) is 0 Å². The van der Waals surface area contributed by atoms with Crippen LogP contribution in [0.4, 0.5) is 0 Å². The van der Waals surface area contributed by atoms with E-state index < -0.39 is 0 Å². The fourth-order valence-corrected chi connectivity index (χ4v) is 3.81. The van der Waals surface area contributed by atoms with Crippen LogP contribution in [0, 0.1) is 0 Å². The van der Waals surface area contributed by atoms with E-state index in [-0.39, 0.29) is 5.54 Å². The summed E-state index contributed by atoms with van der Waals surface area (Å²) >= 11 is 12.3. The molecule has 0 aliphatic heterocycles. The van der Waals surface area contributed by atoms with Crippen molar-refractivity contribution in [2.75, 3.05) is 0 Å². The van der Waals surface area contributed by atoms with Gasteiger partial charge in [-0.25, -0.2) is 0 Å². The monoisotopic (exact) mass is 319 g/mol. The summed E-state index contributed by atoms with van der Waals surface area (Å²) in [5, 5.41) is 1.36. The molecule has 1 aliphatic rings. The van der Waals surface area contributed by atoms with Gasteiger partial charge >= 0.3 is 0 Å². The zero-order valence-corrected chi connectivity index (χ0v) is 13.6. The molecule has 2 aromatic rings. The summed E-state index contributed by atoms with van der Waals surface area (Å²) < 4.78 is 0. The van der Waals surface area contributed by atoms with Crippen LogP contribution in [0.5, 0.6) is 0 Å². The molecule has 1 aliphatic carbocycles. The van der Waals surface area contributed by atoms with Crippen molar-refractivity contribution in [3.05, 3.63) is 69.2 Å². The fraction of sp³-hybridized carbons (Fsp3) is 0.333. The number of rotatable bonds is 2. The fourth-order valence-electron chi connectivity index (χ4n) is 3.33. The Labute approximate surface area is 136 Å². The Morgan fingerprint density at radius 1 is 1.19 bits per heavy atom. The maximum absolute atomic E-state index is 6.78. The van der Waals surface area contributed by atoms with Crippen molar-refractivity contribution in [1.29, 1.82) is 0 Å². The number of nitrogens with two attached hydrogens (primary N) is 1. The van der Waals surface area contributed by atoms with E-state index in [2.05, 4.69) is 31.2 Å². The van der Waals surface area contributed by atoms with Crippen LogP contribution in [0.1, 0.15) is 42.4 Å². The first kappa shape index (κ1) is 14.9. The second-order valence-electron chi connectivity index (χ2n) is 6.10. The van der Waals surface area contributed by atoms with E-state index in [4.69, 9.17) is 28.9 Å². The number of hydrogen-bond acceptors (Lipinski definition) is 1. The Morgan fingerprint density at radius 2 is 1.95 bits per heavy atom. The van der Waals surface area contributed by atoms with Gasteiger partial charge in [-0.3, -0.25) is 0 Å². The summed E-state index contributed by atoms with van der Waals surface area (Å²) in [6.07, 6.45) is 2.83. The normalized spacial score (nSPS) is 24.7. The van der Waals surface area contributed by atoms with Gasteiger partial charge in [0.05, 0.1) is 0 Å². The molecule has 0 spiro atoms. The largest absolute Gasteiger partial charge is 0.321 e. The van der Waals surface area contributed by atoms with Crippen molar-refractivity contribution in [3.8, 4) is 0 Å². The molecule has 0 fully saturated rings. The van der Waals surface area contributed by atoms with Crippen LogP contribution in [-0.2, 0) is 12.0 Å². The van der Waals surface area contributed by atoms with E-state index in [1.54, 1.807) is 6.07 Å². The molecule has 3 heteroatoms. The lowest BCUT2D eigenvalue weighted by Crippen LogP contribution is -2.42. The lowest BCUT2D eigenvalue weighted by molar-refractivity contribution is 0.349. The Balaban J connectivity index is 2.00. The molecular weight excluding hydrogens is 301 g/mol. The zero-order valence-electron chi connectivity index (χ0n) is 12.1. The Morgan fingerprint density at radius 3 is 2.71 bits per heavy atom. The average Bonchev–Trinajstić information content (AvgIpc) is 2.47. The summed E-state index contributed by atoms with van der Waals surface area (Å²) in [7, 11) is 0. The van der Waals surface area contributed by atoms with Crippen molar-refractivity contribution in [3.63, 3.8) is 0 Å². The molecule has 2 atom stereocenters. The van der Waals surface area contributed by atoms with Crippen molar-refractivity contribution in [2.24, 2.45) is 5.73 Å². The van der Waals surface area contributed by atoms with E-state index in [1.807, 2.05) is 12.1 Å². The van der Waals surface area contributed by atoms with Gasteiger partial charge in [-0.15, -0.1) is 0 Å². The third kappa shape index (κ3) is 2.83. The summed E-state index contributed by atoms with van der Waals surface area (Å²) in [5.74, 6) is 0.568. The molecule has 21 heavy (non-hydrogen) atoms. The third-order valence-corrected chi connectivity index (χ3v) is 5.16. The van der Waals surface area contributed by atoms with Gasteiger partial charge in [0.1, 0.15) is 0 Å². The van der Waals surface area contributed by atoms with E-state index >= 15 is 0 Å². The third-order valence-electron chi connectivity index (χ3n) is 4.57. The van der Waals surface area contributed by atoms with Crippen LogP contribution in [0.3, 0.4) is 0 Å². The first-order chi connectivity index (χ1) is 9.99. The maximum Gasteiger partial charge on any atom is 0.0454 e. The van der Waals surface area contributed by atoms with Gasteiger partial charge in [-0.1, -0.05) is 60.5 Å². The number of benzene rings is 2. The van der Waals surface area contributed by atoms with E-state index in [0.29, 0.717) is 16.0 Å². The van der Waals surface area contributed by atoms with Crippen molar-refractivity contribution >= 4 is 23.2 Å². The summed E-state index contributed by atoms with van der Waals surface area (Å²) in [4.78, 5) is 0. The van der Waals surface area contributed by atoms with Gasteiger partial charge in [-0.2, -0.15) is 0 Å². The highest BCUT2D eigenvalue weighted by molar-refractivity contribution is 6.35. The van der Waals surface area contributed by atoms with Crippen LogP contribution in [0.25, 0.3) is 0 Å². The van der Waals surface area contributed by atoms with E-state index in [9.17, 15) is 0 Å². The highest BCUT2D eigenvalue weighted by Crippen LogP contribution is 2.42. The van der Waals surface area contributed by atoms with E-state index in [0.717, 1.165) is 24.8 Å². The Kier molecular flexibility index (Phi) is 4.00. The predicted octanol–water partition coefficient (Wildman–Crippen LogP) is 5.29. The average molecular weight is 320 g/mol. The minimum atomic E-state index is -0.347. The van der Waals surface area contributed by atoms with Crippen molar-refractivity contribution in [1.82, 2.24) is 0 Å². The topological polar surface area (TPSA) is 26.0 Å². The quantitative estimate of drug-likeness (QED) is 0.799. The van der Waals surface area contributed by atoms with Crippen molar-refractivity contribution in [2.45, 2.75) is 37.6 Å². The van der Waals surface area contributed by atoms with Gasteiger partial charge in [0.15, 0.2) is 0 Å². The predicted molar refractivity (Wildman–Crippen MR) is 90.1 cm³/mol. The van der Waals surface area contributed by atoms with Crippen LogP contribution in [-0.4, -0.2) is 0 Å². The minimum absolute atomic E-state index is 0.347. The summed E-state index contributed by atoms with van der Waals surface area (Å²) in [6.45, 7) is 2.27. The van der Waals surface area contributed by atoms with E-state index in [1.165, 1.54) is 11.1 Å². The highest BCUT2D eigenvalue weighted by Gasteiger charge is 2.35.